The molecule has 0 bridgehead atoms. The standard InChI is InChI=1S/C11H15NOS/c1-2-14-6-3-8-9(14)11(4-5-11)7-12-10(8)13/h3,6,14H,2,4-5,7H2,1H3,(H,12,13). The maximum Gasteiger partial charge on any atom is 0.252 e. The Morgan fingerprint density at radius 3 is 3.00 bits per heavy atom. The van der Waals surface area contributed by atoms with Crippen LogP contribution < -0.4 is 5.32 Å². The molecule has 0 saturated heterocycles. The molecule has 1 spiro atoms. The Labute approximate surface area is 86.8 Å². The second kappa shape index (κ2) is 2.66. The number of nitrogens with one attached hydrogen (secondary N) is 1. The third kappa shape index (κ3) is 0.962. The van der Waals surface area contributed by atoms with Crippen molar-refractivity contribution < 1.29 is 4.79 Å². The minimum absolute atomic E-state index is 0.114. The Morgan fingerprint density at radius 1 is 1.57 bits per heavy atom. The Morgan fingerprint density at radius 2 is 2.36 bits per heavy atom. The van der Waals surface area contributed by atoms with E-state index in [9.17, 15) is 4.79 Å². The van der Waals surface area contributed by atoms with Gasteiger partial charge in [-0.1, -0.05) is 6.92 Å². The van der Waals surface area contributed by atoms with Gasteiger partial charge in [0.25, 0.3) is 5.91 Å². The van der Waals surface area contributed by atoms with Gasteiger partial charge in [0.15, 0.2) is 0 Å². The van der Waals surface area contributed by atoms with Gasteiger partial charge < -0.3 is 5.32 Å². The van der Waals surface area contributed by atoms with Gasteiger partial charge in [-0.3, -0.25) is 4.79 Å². The molecule has 0 aromatic rings. The maximum atomic E-state index is 11.6. The molecule has 3 heteroatoms. The molecular weight excluding hydrogens is 194 g/mol. The number of hydrogen-bond acceptors (Lipinski definition) is 1. The molecule has 14 heavy (non-hydrogen) atoms. The average Bonchev–Trinajstić information content (AvgIpc) is 2.82. The van der Waals surface area contributed by atoms with E-state index in [-0.39, 0.29) is 16.8 Å². The molecule has 1 atom stereocenters. The monoisotopic (exact) mass is 209 g/mol. The van der Waals surface area contributed by atoms with Crippen LogP contribution in [0.5, 0.6) is 0 Å². The van der Waals surface area contributed by atoms with Crippen molar-refractivity contribution in [1.29, 1.82) is 0 Å². The highest BCUT2D eigenvalue weighted by molar-refractivity contribution is 8.23. The number of amides is 1. The van der Waals surface area contributed by atoms with Gasteiger partial charge in [-0.2, -0.15) is 0 Å². The van der Waals surface area contributed by atoms with E-state index >= 15 is 0 Å². The largest absolute Gasteiger partial charge is 0.351 e. The normalized spacial score (nSPS) is 34.6. The molecule has 1 unspecified atom stereocenters. The molecule has 1 aliphatic carbocycles. The van der Waals surface area contributed by atoms with Gasteiger partial charge in [0.05, 0.1) is 0 Å². The molecule has 2 aliphatic heterocycles. The first kappa shape index (κ1) is 8.60. The minimum Gasteiger partial charge on any atom is -0.351 e. The zero-order valence-corrected chi connectivity index (χ0v) is 9.23. The van der Waals surface area contributed by atoms with Crippen LogP contribution in [0.25, 0.3) is 0 Å². The lowest BCUT2D eigenvalue weighted by Crippen LogP contribution is -2.37. The summed E-state index contributed by atoms with van der Waals surface area (Å²) in [6, 6.07) is 0. The molecule has 1 fully saturated rings. The van der Waals surface area contributed by atoms with Crippen LogP contribution in [0.4, 0.5) is 0 Å². The van der Waals surface area contributed by atoms with Crippen LogP contribution in [0.15, 0.2) is 22.0 Å². The molecule has 1 amide bonds. The number of thiol groups is 1. The first-order valence-corrected chi connectivity index (χ1v) is 6.84. The maximum absolute atomic E-state index is 11.6. The fourth-order valence-corrected chi connectivity index (χ4v) is 4.91. The van der Waals surface area contributed by atoms with Crippen LogP contribution in [0.1, 0.15) is 19.8 Å². The van der Waals surface area contributed by atoms with Gasteiger partial charge >= 0.3 is 0 Å². The minimum atomic E-state index is -0.114. The van der Waals surface area contributed by atoms with Crippen molar-refractivity contribution >= 4 is 16.8 Å². The molecule has 76 valence electrons. The number of rotatable bonds is 1. The SMILES string of the molecule is CC[SH]1C=CC2=C1C1(CC1)CNC2=O. The topological polar surface area (TPSA) is 29.1 Å². The molecule has 1 saturated carbocycles. The van der Waals surface area contributed by atoms with Crippen molar-refractivity contribution in [2.75, 3.05) is 12.3 Å². The molecule has 2 heterocycles. The van der Waals surface area contributed by atoms with Crippen molar-refractivity contribution in [3.8, 4) is 0 Å². The summed E-state index contributed by atoms with van der Waals surface area (Å²) in [4.78, 5) is 13.2. The van der Waals surface area contributed by atoms with E-state index in [2.05, 4.69) is 23.7 Å². The third-order valence-electron chi connectivity index (χ3n) is 3.49. The molecule has 0 radical (unpaired) electrons. The molecule has 3 rings (SSSR count). The van der Waals surface area contributed by atoms with Crippen LogP contribution >= 0.6 is 10.9 Å². The molecular formula is C11H15NOS. The van der Waals surface area contributed by atoms with E-state index < -0.39 is 0 Å². The fourth-order valence-electron chi connectivity index (χ4n) is 2.50. The van der Waals surface area contributed by atoms with Gasteiger partial charge in [0.1, 0.15) is 0 Å². The van der Waals surface area contributed by atoms with Crippen molar-refractivity contribution in [3.05, 3.63) is 22.0 Å². The lowest BCUT2D eigenvalue weighted by Gasteiger charge is -2.30. The van der Waals surface area contributed by atoms with E-state index in [0.29, 0.717) is 5.41 Å². The van der Waals surface area contributed by atoms with E-state index in [1.165, 1.54) is 23.5 Å². The summed E-state index contributed by atoms with van der Waals surface area (Å²) in [5.74, 6) is 1.35. The van der Waals surface area contributed by atoms with E-state index in [4.69, 9.17) is 0 Å². The summed E-state index contributed by atoms with van der Waals surface area (Å²) in [6.45, 7) is 3.12. The third-order valence-corrected chi connectivity index (χ3v) is 5.97. The Bertz CT molecular complexity index is 365. The fraction of sp³-hybridized carbons (Fsp3) is 0.545. The smallest absolute Gasteiger partial charge is 0.252 e. The van der Waals surface area contributed by atoms with Gasteiger partial charge in [-0.05, 0) is 35.0 Å². The van der Waals surface area contributed by atoms with Crippen molar-refractivity contribution in [2.24, 2.45) is 5.41 Å². The number of carbonyl (C=O) groups is 1. The Balaban J connectivity index is 2.08. The average molecular weight is 209 g/mol. The van der Waals surface area contributed by atoms with E-state index in [1.807, 2.05) is 0 Å². The van der Waals surface area contributed by atoms with Gasteiger partial charge in [0.2, 0.25) is 0 Å². The summed E-state index contributed by atoms with van der Waals surface area (Å²) in [5.41, 5.74) is 1.40. The van der Waals surface area contributed by atoms with E-state index in [0.717, 1.165) is 12.1 Å². The van der Waals surface area contributed by atoms with Crippen molar-refractivity contribution in [3.63, 3.8) is 0 Å². The second-order valence-corrected chi connectivity index (χ2v) is 6.64. The summed E-state index contributed by atoms with van der Waals surface area (Å²) in [7, 11) is -0.114. The first-order valence-electron chi connectivity index (χ1n) is 5.25. The van der Waals surface area contributed by atoms with Crippen LogP contribution in [0.2, 0.25) is 0 Å². The predicted molar refractivity (Wildman–Crippen MR) is 60.4 cm³/mol. The van der Waals surface area contributed by atoms with Crippen LogP contribution in [0.3, 0.4) is 0 Å². The number of carbonyl (C=O) groups excluding carboxylic acids is 1. The van der Waals surface area contributed by atoms with Crippen LogP contribution in [0, 0.1) is 5.41 Å². The summed E-state index contributed by atoms with van der Waals surface area (Å²) in [6.07, 6.45) is 4.62. The highest BCUT2D eigenvalue weighted by Crippen LogP contribution is 2.64. The highest BCUT2D eigenvalue weighted by Gasteiger charge is 2.52. The number of hydrogen-bond donors (Lipinski definition) is 2. The molecule has 3 aliphatic rings. The zero-order valence-electron chi connectivity index (χ0n) is 8.34. The van der Waals surface area contributed by atoms with Crippen LogP contribution in [-0.2, 0) is 4.79 Å². The molecule has 1 N–H and O–H groups in total. The lowest BCUT2D eigenvalue weighted by atomic mass is 9.98. The molecule has 2 nitrogen and oxygen atoms in total. The first-order chi connectivity index (χ1) is 6.77. The predicted octanol–water partition coefficient (Wildman–Crippen LogP) is 1.70. The van der Waals surface area contributed by atoms with Gasteiger partial charge in [-0.25, -0.2) is 10.9 Å². The lowest BCUT2D eigenvalue weighted by molar-refractivity contribution is -0.117. The quantitative estimate of drug-likeness (QED) is 0.632. The Kier molecular flexibility index (Phi) is 1.63. The zero-order chi connectivity index (χ0) is 9.76. The number of fused-ring (bicyclic) bond motifs is 1. The summed E-state index contributed by atoms with van der Waals surface area (Å²) in [5, 5.41) is 5.28. The van der Waals surface area contributed by atoms with Crippen molar-refractivity contribution in [2.45, 2.75) is 19.8 Å². The molecule has 0 aromatic heterocycles. The summed E-state index contributed by atoms with van der Waals surface area (Å²) < 4.78 is 0. The van der Waals surface area contributed by atoms with Crippen LogP contribution in [-0.4, -0.2) is 18.2 Å². The molecule has 0 aromatic carbocycles. The van der Waals surface area contributed by atoms with Gasteiger partial charge in [0, 0.05) is 17.5 Å². The van der Waals surface area contributed by atoms with E-state index in [1.54, 1.807) is 0 Å². The van der Waals surface area contributed by atoms with Gasteiger partial charge in [-0.15, -0.1) is 0 Å². The Hall–Kier alpha value is -0.700. The van der Waals surface area contributed by atoms with Crippen molar-refractivity contribution in [1.82, 2.24) is 5.32 Å². The summed E-state index contributed by atoms with van der Waals surface area (Å²) >= 11 is 0. The highest BCUT2D eigenvalue weighted by atomic mass is 32.2. The second-order valence-electron chi connectivity index (χ2n) is 4.33.